The standard InChI is InChI=1S/C18H23F2N/c1-6-8-13(3)14(4)21-17(7-2)15-9-11-16(12-10-15)18(5,19)20/h7,9-12H,2,6,8H2,1,3-5H3/b14-13+,21-17?. The Labute approximate surface area is 126 Å². The van der Waals surface area contributed by atoms with Crippen molar-refractivity contribution in [1.29, 1.82) is 0 Å². The lowest BCUT2D eigenvalue weighted by Gasteiger charge is -2.11. The van der Waals surface area contributed by atoms with Gasteiger partial charge in [0.1, 0.15) is 0 Å². The summed E-state index contributed by atoms with van der Waals surface area (Å²) in [6.07, 6.45) is 3.73. The molecule has 1 nitrogen and oxygen atoms in total. The molecular weight excluding hydrogens is 268 g/mol. The minimum Gasteiger partial charge on any atom is -0.253 e. The van der Waals surface area contributed by atoms with Crippen LogP contribution in [0.15, 0.2) is 53.2 Å². The number of alkyl halides is 2. The first-order chi connectivity index (χ1) is 9.79. The van der Waals surface area contributed by atoms with Gasteiger partial charge in [-0.2, -0.15) is 0 Å². The third-order valence-corrected chi connectivity index (χ3v) is 3.41. The zero-order chi connectivity index (χ0) is 16.0. The van der Waals surface area contributed by atoms with Crippen molar-refractivity contribution in [2.24, 2.45) is 4.99 Å². The molecule has 0 unspecified atom stereocenters. The number of allylic oxidation sites excluding steroid dienone is 3. The van der Waals surface area contributed by atoms with Crippen molar-refractivity contribution in [3.8, 4) is 0 Å². The van der Waals surface area contributed by atoms with Crippen molar-refractivity contribution >= 4 is 5.71 Å². The predicted molar refractivity (Wildman–Crippen MR) is 86.0 cm³/mol. The molecule has 0 heterocycles. The summed E-state index contributed by atoms with van der Waals surface area (Å²) in [6.45, 7) is 10.8. The third-order valence-electron chi connectivity index (χ3n) is 3.41. The smallest absolute Gasteiger partial charge is 0.253 e. The molecule has 0 aliphatic carbocycles. The molecule has 3 heteroatoms. The van der Waals surface area contributed by atoms with Gasteiger partial charge < -0.3 is 0 Å². The molecule has 0 aliphatic heterocycles. The van der Waals surface area contributed by atoms with Crippen LogP contribution in [-0.2, 0) is 5.92 Å². The fraction of sp³-hybridized carbons (Fsp3) is 0.389. The number of nitrogens with zero attached hydrogens (tertiary/aromatic N) is 1. The van der Waals surface area contributed by atoms with E-state index in [2.05, 4.69) is 25.4 Å². The van der Waals surface area contributed by atoms with Crippen LogP contribution in [0.4, 0.5) is 8.78 Å². The summed E-state index contributed by atoms with van der Waals surface area (Å²) < 4.78 is 26.4. The van der Waals surface area contributed by atoms with E-state index in [1.165, 1.54) is 17.7 Å². The molecule has 1 rings (SSSR count). The molecule has 0 fully saturated rings. The van der Waals surface area contributed by atoms with Crippen LogP contribution in [0.5, 0.6) is 0 Å². The van der Waals surface area contributed by atoms with E-state index >= 15 is 0 Å². The Balaban J connectivity index is 3.11. The quantitative estimate of drug-likeness (QED) is 0.581. The van der Waals surface area contributed by atoms with Gasteiger partial charge in [-0.1, -0.05) is 49.8 Å². The number of hydrogen-bond acceptors (Lipinski definition) is 1. The van der Waals surface area contributed by atoms with Crippen molar-refractivity contribution in [3.63, 3.8) is 0 Å². The molecule has 0 N–H and O–H groups in total. The van der Waals surface area contributed by atoms with Gasteiger partial charge >= 0.3 is 0 Å². The van der Waals surface area contributed by atoms with Gasteiger partial charge in [-0.05, 0) is 26.3 Å². The van der Waals surface area contributed by atoms with Gasteiger partial charge in [0.2, 0.25) is 0 Å². The van der Waals surface area contributed by atoms with Gasteiger partial charge in [-0.25, -0.2) is 8.78 Å². The lowest BCUT2D eigenvalue weighted by molar-refractivity contribution is 0.0175. The fourth-order valence-corrected chi connectivity index (χ4v) is 1.99. The van der Waals surface area contributed by atoms with E-state index in [9.17, 15) is 8.78 Å². The summed E-state index contributed by atoms with van der Waals surface area (Å²) in [4.78, 5) is 4.57. The highest BCUT2D eigenvalue weighted by molar-refractivity contribution is 6.08. The first-order valence-electron chi connectivity index (χ1n) is 7.15. The number of rotatable bonds is 6. The first kappa shape index (κ1) is 17.3. The van der Waals surface area contributed by atoms with Gasteiger partial charge in [0.15, 0.2) is 0 Å². The van der Waals surface area contributed by atoms with Crippen LogP contribution in [0.1, 0.15) is 51.7 Å². The van der Waals surface area contributed by atoms with Crippen LogP contribution in [0, 0.1) is 0 Å². The second-order valence-corrected chi connectivity index (χ2v) is 5.28. The molecule has 0 bridgehead atoms. The molecule has 0 atom stereocenters. The molecule has 0 amide bonds. The summed E-state index contributed by atoms with van der Waals surface area (Å²) in [6, 6.07) is 6.20. The highest BCUT2D eigenvalue weighted by atomic mass is 19.3. The van der Waals surface area contributed by atoms with Crippen LogP contribution in [0.3, 0.4) is 0 Å². The molecule has 114 valence electrons. The Bertz CT molecular complexity index is 546. The van der Waals surface area contributed by atoms with E-state index < -0.39 is 5.92 Å². The van der Waals surface area contributed by atoms with Crippen LogP contribution in [-0.4, -0.2) is 5.71 Å². The monoisotopic (exact) mass is 291 g/mol. The summed E-state index contributed by atoms with van der Waals surface area (Å²) in [7, 11) is 0. The van der Waals surface area contributed by atoms with Gasteiger partial charge in [-0.3, -0.25) is 4.99 Å². The van der Waals surface area contributed by atoms with E-state index in [1.807, 2.05) is 6.92 Å². The molecule has 0 aliphatic rings. The van der Waals surface area contributed by atoms with Crippen molar-refractivity contribution in [3.05, 3.63) is 59.3 Å². The highest BCUT2D eigenvalue weighted by Gasteiger charge is 2.23. The number of aliphatic imine (C=N–C) groups is 1. The number of benzene rings is 1. The Hall–Kier alpha value is -1.77. The molecule has 0 saturated heterocycles. The molecule has 21 heavy (non-hydrogen) atoms. The molecule has 1 aromatic carbocycles. The van der Waals surface area contributed by atoms with E-state index in [-0.39, 0.29) is 5.56 Å². The largest absolute Gasteiger partial charge is 0.270 e. The lowest BCUT2D eigenvalue weighted by atomic mass is 10.0. The van der Waals surface area contributed by atoms with Crippen LogP contribution < -0.4 is 0 Å². The summed E-state index contributed by atoms with van der Waals surface area (Å²) in [5.41, 5.74) is 3.69. The molecular formula is C18H23F2N. The maximum atomic E-state index is 13.2. The van der Waals surface area contributed by atoms with Gasteiger partial charge in [-0.15, -0.1) is 0 Å². The highest BCUT2D eigenvalue weighted by Crippen LogP contribution is 2.27. The third kappa shape index (κ3) is 4.92. The second kappa shape index (κ2) is 7.30. The van der Waals surface area contributed by atoms with Crippen molar-refractivity contribution in [2.75, 3.05) is 0 Å². The Morgan fingerprint density at radius 1 is 1.24 bits per heavy atom. The Morgan fingerprint density at radius 2 is 1.81 bits per heavy atom. The van der Waals surface area contributed by atoms with Gasteiger partial charge in [0.05, 0.1) is 5.71 Å². The topological polar surface area (TPSA) is 12.4 Å². The maximum Gasteiger partial charge on any atom is 0.270 e. The van der Waals surface area contributed by atoms with E-state index in [1.54, 1.807) is 18.2 Å². The average molecular weight is 291 g/mol. The summed E-state index contributed by atoms with van der Waals surface area (Å²) >= 11 is 0. The number of hydrogen-bond donors (Lipinski definition) is 0. The van der Waals surface area contributed by atoms with Crippen LogP contribution in [0.2, 0.25) is 0 Å². The van der Waals surface area contributed by atoms with Gasteiger partial charge in [0, 0.05) is 23.7 Å². The average Bonchev–Trinajstić information content (AvgIpc) is 2.44. The molecule has 0 saturated carbocycles. The van der Waals surface area contributed by atoms with Crippen molar-refractivity contribution in [1.82, 2.24) is 0 Å². The summed E-state index contributed by atoms with van der Waals surface area (Å²) in [5.74, 6) is -2.82. The molecule has 0 aromatic heterocycles. The van der Waals surface area contributed by atoms with Crippen molar-refractivity contribution < 1.29 is 8.78 Å². The van der Waals surface area contributed by atoms with Crippen LogP contribution >= 0.6 is 0 Å². The lowest BCUT2D eigenvalue weighted by Crippen LogP contribution is -2.07. The minimum atomic E-state index is -2.82. The van der Waals surface area contributed by atoms with E-state index in [0.717, 1.165) is 31.0 Å². The molecule has 0 spiro atoms. The SMILES string of the molecule is C=CC(=N/C(C)=C(\C)CCC)c1ccc(C(C)(F)F)cc1. The van der Waals surface area contributed by atoms with Gasteiger partial charge in [0.25, 0.3) is 5.92 Å². The Kier molecular flexibility index (Phi) is 6.01. The van der Waals surface area contributed by atoms with E-state index in [0.29, 0.717) is 5.71 Å². The zero-order valence-electron chi connectivity index (χ0n) is 13.2. The van der Waals surface area contributed by atoms with Crippen LogP contribution in [0.25, 0.3) is 0 Å². The number of halogens is 2. The first-order valence-corrected chi connectivity index (χ1v) is 7.15. The predicted octanol–water partition coefficient (Wildman–Crippen LogP) is 5.87. The van der Waals surface area contributed by atoms with Crippen molar-refractivity contribution in [2.45, 2.75) is 46.5 Å². The second-order valence-electron chi connectivity index (χ2n) is 5.28. The molecule has 1 aromatic rings. The Morgan fingerprint density at radius 3 is 2.24 bits per heavy atom. The normalized spacial score (nSPS) is 13.9. The van der Waals surface area contributed by atoms with E-state index in [4.69, 9.17) is 0 Å². The minimum absolute atomic E-state index is 0.00379. The maximum absolute atomic E-state index is 13.2. The summed E-state index contributed by atoms with van der Waals surface area (Å²) in [5, 5.41) is 0. The molecule has 0 radical (unpaired) electrons. The fourth-order valence-electron chi connectivity index (χ4n) is 1.99. The zero-order valence-corrected chi connectivity index (χ0v) is 13.2.